The number of carbonyl (C=O) groups is 1. The van der Waals surface area contributed by atoms with Crippen LogP contribution >= 0.6 is 0 Å². The molecule has 0 unspecified atom stereocenters. The maximum atomic E-state index is 13.3. The second kappa shape index (κ2) is 14.6. The summed E-state index contributed by atoms with van der Waals surface area (Å²) in [7, 11) is 0. The summed E-state index contributed by atoms with van der Waals surface area (Å²) in [6, 6.07) is 9.12. The Kier molecular flexibility index (Phi) is 10.8. The van der Waals surface area contributed by atoms with E-state index in [1.807, 2.05) is 36.5 Å². The molecule has 6 rings (SSSR count). The van der Waals surface area contributed by atoms with Crippen LogP contribution in [0.4, 0.5) is 0 Å². The Morgan fingerprint density at radius 2 is 1.88 bits per heavy atom. The lowest BCUT2D eigenvalue weighted by atomic mass is 9.42. The normalized spacial score (nSPS) is 37.3. The summed E-state index contributed by atoms with van der Waals surface area (Å²) in [6.07, 6.45) is 16.9. The van der Waals surface area contributed by atoms with Crippen molar-refractivity contribution in [2.75, 3.05) is 6.54 Å². The molecule has 4 aliphatic rings. The number of benzene rings is 1. The van der Waals surface area contributed by atoms with Gasteiger partial charge in [0.05, 0.1) is 11.9 Å². The number of aromatic nitrogens is 2. The molecule has 1 heterocycles. The number of hydrogen-bond donors (Lipinski definition) is 4. The largest absolute Gasteiger partial charge is 0.461 e. The molecule has 0 saturated heterocycles. The molecule has 48 heavy (non-hydrogen) atoms. The second-order valence-electron chi connectivity index (χ2n) is 17.4. The zero-order chi connectivity index (χ0) is 34.1. The van der Waals surface area contributed by atoms with Gasteiger partial charge in [-0.05, 0) is 97.9 Å². The Morgan fingerprint density at radius 1 is 1.08 bits per heavy atom. The molecule has 0 radical (unpaired) electrons. The minimum absolute atomic E-state index is 0.0592. The highest BCUT2D eigenvalue weighted by Crippen LogP contribution is 2.69. The summed E-state index contributed by atoms with van der Waals surface area (Å²) in [5.41, 5.74) is 7.67. The van der Waals surface area contributed by atoms with Gasteiger partial charge in [0.1, 0.15) is 12.1 Å². The van der Waals surface area contributed by atoms with E-state index >= 15 is 0 Å². The van der Waals surface area contributed by atoms with E-state index < -0.39 is 11.6 Å². The molecule has 266 valence electrons. The van der Waals surface area contributed by atoms with Crippen molar-refractivity contribution in [3.8, 4) is 0 Å². The van der Waals surface area contributed by atoms with E-state index in [9.17, 15) is 9.90 Å². The number of nitrogens with two attached hydrogens (primary N) is 1. The van der Waals surface area contributed by atoms with Crippen LogP contribution in [0, 0.1) is 46.3 Å². The molecule has 4 fully saturated rings. The van der Waals surface area contributed by atoms with Gasteiger partial charge in [-0.15, -0.1) is 0 Å². The first kappa shape index (κ1) is 35.6. The average molecular weight is 661 g/mol. The third-order valence-corrected chi connectivity index (χ3v) is 14.3. The zero-order valence-electron chi connectivity index (χ0n) is 30.4. The van der Waals surface area contributed by atoms with Gasteiger partial charge in [0, 0.05) is 42.7 Å². The van der Waals surface area contributed by atoms with Crippen LogP contribution in [0.1, 0.15) is 117 Å². The summed E-state index contributed by atoms with van der Waals surface area (Å²) >= 11 is 0. The number of nitrogens with one attached hydrogen (secondary N) is 2. The summed E-state index contributed by atoms with van der Waals surface area (Å²) < 4.78 is 6.14. The van der Waals surface area contributed by atoms with Crippen molar-refractivity contribution in [1.29, 1.82) is 0 Å². The number of aromatic amines is 1. The summed E-state index contributed by atoms with van der Waals surface area (Å²) in [5.74, 6) is 3.78. The SMILES string of the molecule is CC(C)CCC[C@@H](C)[C@H]1CC[C@H]2[C@@H]3C[C@@H](NCCc4cnc[nH]4)[C@@]4(O)C[C@@H](OC(=O)[C@@H](N)Cc5ccccc5)CC[C@]4(C)[C@H]3CC[C@]12C. The maximum absolute atomic E-state index is 13.3. The Bertz CT molecular complexity index is 1330. The van der Waals surface area contributed by atoms with Crippen LogP contribution in [0.25, 0.3) is 0 Å². The molecule has 4 saturated carbocycles. The van der Waals surface area contributed by atoms with E-state index in [0.717, 1.165) is 61.2 Å². The molecule has 7 nitrogen and oxygen atoms in total. The van der Waals surface area contributed by atoms with Crippen molar-refractivity contribution in [3.05, 3.63) is 54.1 Å². The monoisotopic (exact) mass is 660 g/mol. The number of H-pyrrole nitrogens is 1. The molecule has 0 spiro atoms. The predicted molar refractivity (Wildman–Crippen MR) is 192 cm³/mol. The van der Waals surface area contributed by atoms with E-state index in [2.05, 4.69) is 49.9 Å². The summed E-state index contributed by atoms with van der Waals surface area (Å²) in [5, 5.41) is 16.9. The van der Waals surface area contributed by atoms with E-state index in [1.165, 1.54) is 44.9 Å². The Morgan fingerprint density at radius 3 is 2.60 bits per heavy atom. The maximum Gasteiger partial charge on any atom is 0.323 e. The third-order valence-electron chi connectivity index (χ3n) is 14.3. The Hall–Kier alpha value is -2.22. The van der Waals surface area contributed by atoms with Gasteiger partial charge < -0.3 is 25.9 Å². The van der Waals surface area contributed by atoms with Crippen molar-refractivity contribution in [1.82, 2.24) is 15.3 Å². The van der Waals surface area contributed by atoms with E-state index in [1.54, 1.807) is 6.33 Å². The first-order chi connectivity index (χ1) is 22.9. The molecule has 0 aliphatic heterocycles. The highest BCUT2D eigenvalue weighted by molar-refractivity contribution is 5.76. The lowest BCUT2D eigenvalue weighted by Gasteiger charge is -2.66. The molecule has 7 heteroatoms. The molecule has 0 bridgehead atoms. The number of carbonyl (C=O) groups excluding carboxylic acids is 1. The number of rotatable bonds is 13. The number of nitrogens with zero attached hydrogens (tertiary/aromatic N) is 1. The lowest BCUT2D eigenvalue weighted by molar-refractivity contribution is -0.237. The Balaban J connectivity index is 1.19. The van der Waals surface area contributed by atoms with Gasteiger partial charge in [-0.25, -0.2) is 4.98 Å². The fourth-order valence-electron chi connectivity index (χ4n) is 11.7. The lowest BCUT2D eigenvalue weighted by Crippen LogP contribution is -2.71. The molecular formula is C41H64N4O3. The topological polar surface area (TPSA) is 113 Å². The first-order valence-corrected chi connectivity index (χ1v) is 19.4. The van der Waals surface area contributed by atoms with E-state index in [0.29, 0.717) is 36.0 Å². The van der Waals surface area contributed by atoms with Crippen LogP contribution in [0.3, 0.4) is 0 Å². The smallest absolute Gasteiger partial charge is 0.323 e. The van der Waals surface area contributed by atoms with E-state index in [-0.39, 0.29) is 23.5 Å². The second-order valence-corrected chi connectivity index (χ2v) is 17.4. The molecule has 0 amide bonds. The van der Waals surface area contributed by atoms with E-state index in [4.69, 9.17) is 10.5 Å². The Labute approximate surface area is 290 Å². The molecule has 1 aromatic carbocycles. The number of fused-ring (bicyclic) bond motifs is 5. The van der Waals surface area contributed by atoms with Crippen LogP contribution in [0.15, 0.2) is 42.9 Å². The van der Waals surface area contributed by atoms with Gasteiger partial charge in [-0.2, -0.15) is 0 Å². The van der Waals surface area contributed by atoms with Crippen LogP contribution in [0.2, 0.25) is 0 Å². The van der Waals surface area contributed by atoms with Gasteiger partial charge in [0.2, 0.25) is 0 Å². The summed E-state index contributed by atoms with van der Waals surface area (Å²) in [6.45, 7) is 13.0. The number of aliphatic hydroxyl groups is 1. The van der Waals surface area contributed by atoms with Gasteiger partial charge in [0.25, 0.3) is 0 Å². The van der Waals surface area contributed by atoms with Gasteiger partial charge in [-0.3, -0.25) is 4.79 Å². The number of ether oxygens (including phenoxy) is 1. The fraction of sp³-hybridized carbons (Fsp3) is 0.756. The molecule has 1 aromatic heterocycles. The van der Waals surface area contributed by atoms with Crippen LogP contribution in [-0.4, -0.2) is 51.4 Å². The van der Waals surface area contributed by atoms with Crippen LogP contribution < -0.4 is 11.1 Å². The minimum atomic E-state index is -0.968. The third kappa shape index (κ3) is 6.90. The van der Waals surface area contributed by atoms with Crippen LogP contribution in [0.5, 0.6) is 0 Å². The van der Waals surface area contributed by atoms with Gasteiger partial charge >= 0.3 is 5.97 Å². The molecule has 4 aliphatic carbocycles. The van der Waals surface area contributed by atoms with Crippen molar-refractivity contribution in [3.63, 3.8) is 0 Å². The predicted octanol–water partition coefficient (Wildman–Crippen LogP) is 7.24. The highest BCUT2D eigenvalue weighted by Gasteiger charge is 2.67. The van der Waals surface area contributed by atoms with Crippen LogP contribution in [-0.2, 0) is 22.4 Å². The minimum Gasteiger partial charge on any atom is -0.461 e. The summed E-state index contributed by atoms with van der Waals surface area (Å²) in [4.78, 5) is 20.7. The fourth-order valence-corrected chi connectivity index (χ4v) is 11.7. The molecule has 2 aromatic rings. The van der Waals surface area contributed by atoms with Crippen molar-refractivity contribution >= 4 is 5.97 Å². The quantitative estimate of drug-likeness (QED) is 0.169. The van der Waals surface area contributed by atoms with Crippen molar-refractivity contribution in [2.45, 2.75) is 142 Å². The average Bonchev–Trinajstić information content (AvgIpc) is 3.70. The molecular weight excluding hydrogens is 596 g/mol. The number of hydrogen-bond acceptors (Lipinski definition) is 6. The number of imidazole rings is 1. The molecule has 5 N–H and O–H groups in total. The standard InChI is InChI=1S/C41H64N4O3/c1-27(2)10-9-11-28(3)33-14-15-34-32-23-37(44-21-18-30-25-43-26-45-30)41(47)24-31(16-20-40(41,5)35(32)17-19-39(33,34)4)48-38(46)36(42)22-29-12-7-6-8-13-29/h6-8,12-13,25-28,31-37,44,47H,9-11,14-24,42H2,1-5H3,(H,43,45)/t28-,31+,32+,33-,34+,35+,36+,37-,39-,40-,41+/m1/s1. The van der Waals surface area contributed by atoms with Crippen molar-refractivity contribution in [2.24, 2.45) is 52.1 Å². The van der Waals surface area contributed by atoms with Gasteiger partial charge in [0.15, 0.2) is 0 Å². The number of esters is 1. The zero-order valence-corrected chi connectivity index (χ0v) is 30.4. The van der Waals surface area contributed by atoms with Crippen molar-refractivity contribution < 1.29 is 14.6 Å². The molecule has 11 atom stereocenters. The first-order valence-electron chi connectivity index (χ1n) is 19.4. The highest BCUT2D eigenvalue weighted by atomic mass is 16.5. The van der Waals surface area contributed by atoms with Gasteiger partial charge in [-0.1, -0.05) is 84.2 Å².